The summed E-state index contributed by atoms with van der Waals surface area (Å²) in [4.78, 5) is 0. The van der Waals surface area contributed by atoms with Crippen molar-refractivity contribution >= 4 is 13.3 Å². The first-order valence-corrected chi connectivity index (χ1v) is 9.99. The van der Waals surface area contributed by atoms with Gasteiger partial charge in [0.05, 0.1) is 19.3 Å². The van der Waals surface area contributed by atoms with E-state index in [1.165, 1.54) is 6.42 Å². The summed E-state index contributed by atoms with van der Waals surface area (Å²) < 4.78 is 6.29. The van der Waals surface area contributed by atoms with Gasteiger partial charge in [0.25, 0.3) is 0 Å². The molecule has 1 aromatic carbocycles. The van der Waals surface area contributed by atoms with Gasteiger partial charge in [-0.05, 0) is 39.7 Å². The highest BCUT2D eigenvalue weighted by Crippen LogP contribution is 2.50. The highest BCUT2D eigenvalue weighted by atomic mass is 28.3. The molecule has 0 bridgehead atoms. The molecule has 0 aliphatic carbocycles. The van der Waals surface area contributed by atoms with E-state index in [0.717, 1.165) is 0 Å². The molecule has 0 spiro atoms. The first-order chi connectivity index (χ1) is 8.15. The third-order valence-corrected chi connectivity index (χ3v) is 8.93. The Hall–Kier alpha value is -0.603. The molecule has 0 saturated carbocycles. The van der Waals surface area contributed by atoms with Crippen molar-refractivity contribution < 1.29 is 4.74 Å². The Bertz CT molecular complexity index is 420. The van der Waals surface area contributed by atoms with Crippen LogP contribution in [0.25, 0.3) is 0 Å². The zero-order chi connectivity index (χ0) is 13.6. The van der Waals surface area contributed by atoms with Gasteiger partial charge in [-0.2, -0.15) is 0 Å². The van der Waals surface area contributed by atoms with E-state index in [-0.39, 0.29) is 11.2 Å². The van der Waals surface area contributed by atoms with Crippen LogP contribution in [0.3, 0.4) is 0 Å². The van der Waals surface area contributed by atoms with Crippen LogP contribution in [-0.2, 0) is 4.74 Å². The monoisotopic (exact) mass is 262 g/mol. The molecule has 0 amide bonds. The number of rotatable bonds is 2. The molecule has 1 aromatic rings. The zero-order valence-corrected chi connectivity index (χ0v) is 13.6. The molecular weight excluding hydrogens is 236 g/mol. The number of benzene rings is 1. The molecule has 1 nitrogen and oxygen atoms in total. The lowest BCUT2D eigenvalue weighted by Crippen LogP contribution is -2.51. The van der Waals surface area contributed by atoms with Crippen LogP contribution in [0.2, 0.25) is 18.6 Å². The minimum atomic E-state index is -1.50. The van der Waals surface area contributed by atoms with Gasteiger partial charge in [0, 0.05) is 0 Å². The van der Waals surface area contributed by atoms with Crippen molar-refractivity contribution in [3.8, 4) is 0 Å². The van der Waals surface area contributed by atoms with Gasteiger partial charge in [0.1, 0.15) is 0 Å². The topological polar surface area (TPSA) is 9.23 Å². The Labute approximate surface area is 113 Å². The van der Waals surface area contributed by atoms with Crippen LogP contribution in [0.1, 0.15) is 34.1 Å². The molecule has 1 aliphatic rings. The Morgan fingerprint density at radius 2 is 1.61 bits per heavy atom. The summed E-state index contributed by atoms with van der Waals surface area (Å²) >= 11 is 0. The number of hydrogen-bond donors (Lipinski definition) is 0. The summed E-state index contributed by atoms with van der Waals surface area (Å²) in [6, 6.07) is 11.0. The molecule has 0 radical (unpaired) electrons. The first kappa shape index (κ1) is 13.8. The van der Waals surface area contributed by atoms with Crippen LogP contribution in [0.15, 0.2) is 30.3 Å². The molecule has 1 heterocycles. The summed E-state index contributed by atoms with van der Waals surface area (Å²) in [7, 11) is -1.50. The zero-order valence-electron chi connectivity index (χ0n) is 12.6. The maximum Gasteiger partial charge on any atom is 0.0866 e. The van der Waals surface area contributed by atoms with Gasteiger partial charge in [0.15, 0.2) is 0 Å². The number of ether oxygens (including phenoxy) is 1. The van der Waals surface area contributed by atoms with Gasteiger partial charge >= 0.3 is 0 Å². The Morgan fingerprint density at radius 1 is 1.06 bits per heavy atom. The predicted molar refractivity (Wildman–Crippen MR) is 81.2 cm³/mol. The van der Waals surface area contributed by atoms with Crippen LogP contribution in [0.5, 0.6) is 0 Å². The summed E-state index contributed by atoms with van der Waals surface area (Å²) in [6.45, 7) is 14.0. The van der Waals surface area contributed by atoms with E-state index in [1.807, 2.05) is 0 Å². The Morgan fingerprint density at radius 3 is 2.06 bits per heavy atom. The average molecular weight is 262 g/mol. The lowest BCUT2D eigenvalue weighted by atomic mass is 10.00. The van der Waals surface area contributed by atoms with Gasteiger partial charge in [-0.1, -0.05) is 48.6 Å². The largest absolute Gasteiger partial charge is 0.370 e. The summed E-state index contributed by atoms with van der Waals surface area (Å²) in [6.07, 6.45) is 1.17. The first-order valence-electron chi connectivity index (χ1n) is 6.91. The van der Waals surface area contributed by atoms with E-state index in [2.05, 4.69) is 71.1 Å². The molecule has 0 aromatic heterocycles. The van der Waals surface area contributed by atoms with E-state index < -0.39 is 8.07 Å². The molecule has 1 aliphatic heterocycles. The molecular formula is C16H26OSi. The van der Waals surface area contributed by atoms with Crippen molar-refractivity contribution in [3.63, 3.8) is 0 Å². The second kappa shape index (κ2) is 4.21. The van der Waals surface area contributed by atoms with Crippen molar-refractivity contribution in [2.24, 2.45) is 0 Å². The van der Waals surface area contributed by atoms with Crippen LogP contribution < -0.4 is 5.19 Å². The molecule has 1 saturated heterocycles. The number of hydrogen-bond acceptors (Lipinski definition) is 1. The Balaban J connectivity index is 2.36. The van der Waals surface area contributed by atoms with Crippen LogP contribution in [0, 0.1) is 0 Å². The van der Waals surface area contributed by atoms with Crippen LogP contribution in [0.4, 0.5) is 0 Å². The van der Waals surface area contributed by atoms with E-state index >= 15 is 0 Å². The third-order valence-electron chi connectivity index (χ3n) is 4.46. The lowest BCUT2D eigenvalue weighted by molar-refractivity contribution is -0.0645. The third kappa shape index (κ3) is 2.41. The smallest absolute Gasteiger partial charge is 0.0866 e. The van der Waals surface area contributed by atoms with E-state index in [0.29, 0.717) is 5.54 Å². The summed E-state index contributed by atoms with van der Waals surface area (Å²) in [5.41, 5.74) is 0.685. The fourth-order valence-electron chi connectivity index (χ4n) is 3.76. The second-order valence-corrected chi connectivity index (χ2v) is 12.0. The van der Waals surface area contributed by atoms with Crippen LogP contribution in [-0.4, -0.2) is 19.3 Å². The molecule has 0 unspecified atom stereocenters. The summed E-state index contributed by atoms with van der Waals surface area (Å²) in [5.74, 6) is 0. The minimum Gasteiger partial charge on any atom is -0.370 e. The summed E-state index contributed by atoms with van der Waals surface area (Å²) in [5, 5.41) is 1.55. The predicted octanol–water partition coefficient (Wildman–Crippen LogP) is 3.95. The fraction of sp³-hybridized carbons (Fsp3) is 0.625. The van der Waals surface area contributed by atoms with E-state index in [9.17, 15) is 0 Å². The molecule has 1 atom stereocenters. The van der Waals surface area contributed by atoms with Crippen molar-refractivity contribution in [2.45, 2.75) is 64.0 Å². The molecule has 2 heteroatoms. The lowest BCUT2D eigenvalue weighted by Gasteiger charge is -2.37. The maximum atomic E-state index is 6.29. The minimum absolute atomic E-state index is 0.00490. The van der Waals surface area contributed by atoms with Crippen molar-refractivity contribution in [1.82, 2.24) is 0 Å². The van der Waals surface area contributed by atoms with E-state index in [1.54, 1.807) is 5.19 Å². The highest BCUT2D eigenvalue weighted by Gasteiger charge is 2.53. The SMILES string of the molecule is CC1(C)C[C@@H]([Si](C)(C)c2ccccc2)C(C)(C)O1. The van der Waals surface area contributed by atoms with Gasteiger partial charge in [-0.3, -0.25) is 0 Å². The van der Waals surface area contributed by atoms with Gasteiger partial charge in [0.2, 0.25) is 0 Å². The average Bonchev–Trinajstić information content (AvgIpc) is 2.48. The van der Waals surface area contributed by atoms with Crippen molar-refractivity contribution in [3.05, 3.63) is 30.3 Å². The van der Waals surface area contributed by atoms with Gasteiger partial charge < -0.3 is 4.74 Å². The molecule has 2 rings (SSSR count). The molecule has 100 valence electrons. The fourth-order valence-corrected chi connectivity index (χ4v) is 8.01. The van der Waals surface area contributed by atoms with E-state index in [4.69, 9.17) is 4.74 Å². The second-order valence-electron chi connectivity index (χ2n) is 7.31. The Kier molecular flexibility index (Phi) is 3.23. The highest BCUT2D eigenvalue weighted by molar-refractivity contribution is 6.91. The van der Waals surface area contributed by atoms with Crippen molar-refractivity contribution in [2.75, 3.05) is 0 Å². The van der Waals surface area contributed by atoms with Gasteiger partial charge in [-0.15, -0.1) is 0 Å². The molecule has 0 N–H and O–H groups in total. The standard InChI is InChI=1S/C16H26OSi/c1-15(2)12-14(16(3,4)17-15)18(5,6)13-10-8-7-9-11-13/h7-11,14H,12H2,1-6H3/t14-/m1/s1. The molecule has 18 heavy (non-hydrogen) atoms. The normalized spacial score (nSPS) is 26.2. The van der Waals surface area contributed by atoms with Crippen molar-refractivity contribution in [1.29, 1.82) is 0 Å². The maximum absolute atomic E-state index is 6.29. The van der Waals surface area contributed by atoms with Crippen LogP contribution >= 0.6 is 0 Å². The van der Waals surface area contributed by atoms with Gasteiger partial charge in [-0.25, -0.2) is 0 Å². The molecule has 1 fully saturated rings. The quantitative estimate of drug-likeness (QED) is 0.733.